The molecule has 2 aromatic rings. The minimum atomic E-state index is -3.30. The molecular formula is C17H15BrO6S. The predicted molar refractivity (Wildman–Crippen MR) is 93.8 cm³/mol. The molecule has 132 valence electrons. The van der Waals surface area contributed by atoms with Gasteiger partial charge in [0.25, 0.3) is 0 Å². The highest BCUT2D eigenvalue weighted by atomic mass is 79.9. The second kappa shape index (κ2) is 7.05. The van der Waals surface area contributed by atoms with Crippen molar-refractivity contribution in [3.63, 3.8) is 0 Å². The molecule has 0 atom stereocenters. The molecule has 3 rings (SSSR count). The van der Waals surface area contributed by atoms with E-state index in [0.717, 1.165) is 16.3 Å². The highest BCUT2D eigenvalue weighted by molar-refractivity contribution is 9.10. The quantitative estimate of drug-likeness (QED) is 0.699. The van der Waals surface area contributed by atoms with Crippen LogP contribution in [0, 0.1) is 0 Å². The molecule has 0 N–H and O–H groups in total. The lowest BCUT2D eigenvalue weighted by atomic mass is 10.2. The topological polar surface area (TPSA) is 78.9 Å². The van der Waals surface area contributed by atoms with Crippen LogP contribution in [-0.2, 0) is 21.2 Å². The van der Waals surface area contributed by atoms with Crippen molar-refractivity contribution in [2.45, 2.75) is 11.5 Å². The van der Waals surface area contributed by atoms with E-state index in [2.05, 4.69) is 15.9 Å². The predicted octanol–water partition coefficient (Wildman–Crippen LogP) is 2.98. The molecule has 0 aliphatic carbocycles. The molecule has 1 aliphatic rings. The van der Waals surface area contributed by atoms with Crippen LogP contribution in [0.5, 0.6) is 11.5 Å². The van der Waals surface area contributed by atoms with Gasteiger partial charge in [0.05, 0.1) is 10.5 Å². The molecule has 0 saturated carbocycles. The first-order valence-corrected chi connectivity index (χ1v) is 10.1. The van der Waals surface area contributed by atoms with Crippen molar-refractivity contribution >= 4 is 31.7 Å². The van der Waals surface area contributed by atoms with Crippen LogP contribution in [0.3, 0.4) is 0 Å². The van der Waals surface area contributed by atoms with Crippen LogP contribution >= 0.6 is 15.9 Å². The third-order valence-corrected chi connectivity index (χ3v) is 5.45. The highest BCUT2D eigenvalue weighted by Gasteiger charge is 2.16. The molecule has 0 aromatic heterocycles. The molecular weight excluding hydrogens is 412 g/mol. The summed E-state index contributed by atoms with van der Waals surface area (Å²) in [6, 6.07) is 9.16. The minimum Gasteiger partial charge on any atom is -0.486 e. The molecule has 25 heavy (non-hydrogen) atoms. The number of esters is 1. The summed E-state index contributed by atoms with van der Waals surface area (Å²) in [6.07, 6.45) is 1.11. The van der Waals surface area contributed by atoms with Crippen molar-refractivity contribution in [3.05, 3.63) is 52.0 Å². The first-order chi connectivity index (χ1) is 11.8. The number of halogens is 1. The Balaban J connectivity index is 1.70. The Bertz CT molecular complexity index is 905. The lowest BCUT2D eigenvalue weighted by molar-refractivity contribution is 0.0471. The van der Waals surface area contributed by atoms with Crippen molar-refractivity contribution in [1.29, 1.82) is 0 Å². The number of hydrogen-bond donors (Lipinski definition) is 0. The van der Waals surface area contributed by atoms with E-state index in [1.165, 1.54) is 24.3 Å². The Kier molecular flexibility index (Phi) is 5.01. The summed E-state index contributed by atoms with van der Waals surface area (Å²) in [7, 11) is -3.30. The molecule has 0 saturated heterocycles. The lowest BCUT2D eigenvalue weighted by Crippen LogP contribution is -2.15. The lowest BCUT2D eigenvalue weighted by Gasteiger charge is -2.19. The third-order valence-electron chi connectivity index (χ3n) is 3.59. The van der Waals surface area contributed by atoms with Crippen molar-refractivity contribution in [2.24, 2.45) is 0 Å². The van der Waals surface area contributed by atoms with Crippen molar-refractivity contribution in [1.82, 2.24) is 0 Å². The summed E-state index contributed by atoms with van der Waals surface area (Å²) >= 11 is 3.42. The fourth-order valence-electron chi connectivity index (χ4n) is 2.28. The van der Waals surface area contributed by atoms with E-state index in [1.807, 2.05) is 0 Å². The zero-order valence-electron chi connectivity index (χ0n) is 13.3. The minimum absolute atomic E-state index is 0.0455. The fourth-order valence-corrected chi connectivity index (χ4v) is 3.35. The van der Waals surface area contributed by atoms with E-state index in [9.17, 15) is 13.2 Å². The average molecular weight is 427 g/mol. The molecule has 0 bridgehead atoms. The van der Waals surface area contributed by atoms with Gasteiger partial charge in [0.1, 0.15) is 19.8 Å². The van der Waals surface area contributed by atoms with Gasteiger partial charge in [-0.25, -0.2) is 13.2 Å². The van der Waals surface area contributed by atoms with Gasteiger partial charge in [-0.2, -0.15) is 0 Å². The maximum Gasteiger partial charge on any atom is 0.338 e. The molecule has 1 aliphatic heterocycles. The van der Waals surface area contributed by atoms with Crippen LogP contribution in [0.15, 0.2) is 45.8 Å². The van der Waals surface area contributed by atoms with E-state index in [1.54, 1.807) is 12.1 Å². The maximum absolute atomic E-state index is 12.1. The van der Waals surface area contributed by atoms with Crippen LogP contribution in [0.25, 0.3) is 0 Å². The summed E-state index contributed by atoms with van der Waals surface area (Å²) in [5.41, 5.74) is 1.02. The SMILES string of the molecule is CS(=O)(=O)c1ccc(C(=O)OCc2cc3c(cc2Br)OCCO3)cc1. The van der Waals surface area contributed by atoms with Gasteiger partial charge in [0.2, 0.25) is 0 Å². The summed E-state index contributed by atoms with van der Waals surface area (Å²) < 4.78 is 39.9. The van der Waals surface area contributed by atoms with Crippen LogP contribution in [0.2, 0.25) is 0 Å². The third kappa shape index (κ3) is 4.13. The molecule has 0 spiro atoms. The monoisotopic (exact) mass is 426 g/mol. The Morgan fingerprint density at radius 1 is 1.12 bits per heavy atom. The molecule has 2 aromatic carbocycles. The van der Waals surface area contributed by atoms with E-state index >= 15 is 0 Å². The first kappa shape index (κ1) is 17.8. The molecule has 0 amide bonds. The summed E-state index contributed by atoms with van der Waals surface area (Å²) in [6.45, 7) is 1.02. The molecule has 0 fully saturated rings. The standard InChI is InChI=1S/C17H15BrO6S/c1-25(20,21)13-4-2-11(3-5-13)17(19)24-10-12-8-15-16(9-14(12)18)23-7-6-22-15/h2-5,8-9H,6-7,10H2,1H3. The number of ether oxygens (including phenoxy) is 3. The van der Waals surface area contributed by atoms with Gasteiger partial charge in [-0.3, -0.25) is 0 Å². The summed E-state index contributed by atoms with van der Waals surface area (Å²) in [5.74, 6) is 0.712. The molecule has 6 nitrogen and oxygen atoms in total. The van der Waals surface area contributed by atoms with Crippen molar-refractivity contribution in [2.75, 3.05) is 19.5 Å². The Hall–Kier alpha value is -2.06. The number of carbonyl (C=O) groups is 1. The van der Waals surface area contributed by atoms with Crippen LogP contribution < -0.4 is 9.47 Å². The Labute approximate surface area is 153 Å². The molecule has 0 unspecified atom stereocenters. The maximum atomic E-state index is 12.1. The number of carbonyl (C=O) groups excluding carboxylic acids is 1. The Morgan fingerprint density at radius 3 is 2.32 bits per heavy atom. The summed E-state index contributed by atoms with van der Waals surface area (Å²) in [4.78, 5) is 12.3. The number of rotatable bonds is 4. The summed E-state index contributed by atoms with van der Waals surface area (Å²) in [5, 5.41) is 0. The van der Waals surface area contributed by atoms with E-state index in [4.69, 9.17) is 14.2 Å². The van der Waals surface area contributed by atoms with Gasteiger partial charge in [0, 0.05) is 16.3 Å². The van der Waals surface area contributed by atoms with Gasteiger partial charge in [-0.15, -0.1) is 0 Å². The van der Waals surface area contributed by atoms with E-state index in [-0.39, 0.29) is 17.1 Å². The second-order valence-electron chi connectivity index (χ2n) is 5.46. The zero-order chi connectivity index (χ0) is 18.0. The van der Waals surface area contributed by atoms with Crippen molar-refractivity contribution < 1.29 is 27.4 Å². The number of benzene rings is 2. The highest BCUT2D eigenvalue weighted by Crippen LogP contribution is 2.35. The Morgan fingerprint density at radius 2 is 1.72 bits per heavy atom. The fraction of sp³-hybridized carbons (Fsp3) is 0.235. The average Bonchev–Trinajstić information content (AvgIpc) is 2.59. The van der Waals surface area contributed by atoms with E-state index in [0.29, 0.717) is 24.7 Å². The number of hydrogen-bond acceptors (Lipinski definition) is 6. The first-order valence-electron chi connectivity index (χ1n) is 7.40. The molecule has 8 heteroatoms. The van der Waals surface area contributed by atoms with Gasteiger partial charge >= 0.3 is 5.97 Å². The number of fused-ring (bicyclic) bond motifs is 1. The number of sulfone groups is 1. The van der Waals surface area contributed by atoms with Crippen LogP contribution in [0.4, 0.5) is 0 Å². The van der Waals surface area contributed by atoms with Crippen LogP contribution in [-0.4, -0.2) is 33.9 Å². The van der Waals surface area contributed by atoms with Gasteiger partial charge in [-0.1, -0.05) is 15.9 Å². The molecule has 0 radical (unpaired) electrons. The van der Waals surface area contributed by atoms with E-state index < -0.39 is 15.8 Å². The zero-order valence-corrected chi connectivity index (χ0v) is 15.7. The largest absolute Gasteiger partial charge is 0.486 e. The normalized spacial score (nSPS) is 13.4. The smallest absolute Gasteiger partial charge is 0.338 e. The van der Waals surface area contributed by atoms with Crippen LogP contribution in [0.1, 0.15) is 15.9 Å². The van der Waals surface area contributed by atoms with Crippen molar-refractivity contribution in [3.8, 4) is 11.5 Å². The van der Waals surface area contributed by atoms with Gasteiger partial charge in [0.15, 0.2) is 21.3 Å². The van der Waals surface area contributed by atoms with Gasteiger partial charge in [-0.05, 0) is 36.4 Å². The molecule has 1 heterocycles. The second-order valence-corrected chi connectivity index (χ2v) is 8.33. The van der Waals surface area contributed by atoms with Gasteiger partial charge < -0.3 is 14.2 Å².